The molecule has 0 aliphatic carbocycles. The van der Waals surface area contributed by atoms with Gasteiger partial charge in [0.15, 0.2) is 0 Å². The van der Waals surface area contributed by atoms with Crippen LogP contribution in [0.5, 0.6) is 5.75 Å². The van der Waals surface area contributed by atoms with Gasteiger partial charge in [-0.05, 0) is 76.8 Å². The standard InChI is InChI=1S/C26H30ClN3O4S/c1-26(2,3)34-25(32)29-15-7-9-21(29)20-16-17(11-12-18-13-14-23(27)35-18)30(28-20)24(31)19-8-5-6-10-22(19)33-4/h5-6,8,10,13-14,16,21H,7,9,11-12,15H2,1-4H3. The van der Waals surface area contributed by atoms with Crippen molar-refractivity contribution >= 4 is 34.9 Å². The summed E-state index contributed by atoms with van der Waals surface area (Å²) in [6.45, 7) is 6.15. The Morgan fingerprint density at radius 1 is 1.17 bits per heavy atom. The number of amides is 1. The Bertz CT molecular complexity index is 1210. The van der Waals surface area contributed by atoms with Crippen LogP contribution in [-0.2, 0) is 17.6 Å². The largest absolute Gasteiger partial charge is 0.496 e. The summed E-state index contributed by atoms with van der Waals surface area (Å²) in [7, 11) is 1.54. The SMILES string of the molecule is COc1ccccc1C(=O)n1nc(C2CCCN2C(=O)OC(C)(C)C)cc1CCc1ccc(Cl)s1. The number of methoxy groups -OCH3 is 1. The molecule has 1 aliphatic heterocycles. The van der Waals surface area contributed by atoms with Crippen LogP contribution in [0.15, 0.2) is 42.5 Å². The minimum atomic E-state index is -0.587. The van der Waals surface area contributed by atoms with Gasteiger partial charge in [0.2, 0.25) is 0 Å². The molecule has 1 amide bonds. The molecule has 1 aromatic carbocycles. The highest BCUT2D eigenvalue weighted by Gasteiger charge is 2.35. The highest BCUT2D eigenvalue weighted by atomic mass is 35.5. The molecule has 0 bridgehead atoms. The highest BCUT2D eigenvalue weighted by Crippen LogP contribution is 2.34. The Labute approximate surface area is 214 Å². The Hall–Kier alpha value is -2.84. The van der Waals surface area contributed by atoms with Crippen molar-refractivity contribution in [3.8, 4) is 5.75 Å². The number of carbonyl (C=O) groups excluding carboxylic acids is 2. The summed E-state index contributed by atoms with van der Waals surface area (Å²) in [5.41, 5.74) is 1.31. The first-order chi connectivity index (χ1) is 16.7. The van der Waals surface area contributed by atoms with Crippen molar-refractivity contribution in [3.05, 3.63) is 68.6 Å². The van der Waals surface area contributed by atoms with Crippen LogP contribution in [0, 0.1) is 0 Å². The van der Waals surface area contributed by atoms with Crippen LogP contribution in [0.4, 0.5) is 4.79 Å². The maximum absolute atomic E-state index is 13.6. The number of nitrogens with zero attached hydrogens (tertiary/aromatic N) is 3. The third-order valence-electron chi connectivity index (χ3n) is 5.81. The molecular weight excluding hydrogens is 486 g/mol. The maximum atomic E-state index is 13.6. The third kappa shape index (κ3) is 5.87. The second kappa shape index (κ2) is 10.4. The summed E-state index contributed by atoms with van der Waals surface area (Å²) in [5, 5.41) is 4.73. The van der Waals surface area contributed by atoms with Crippen molar-refractivity contribution in [2.75, 3.05) is 13.7 Å². The average Bonchev–Trinajstić information content (AvgIpc) is 3.55. The van der Waals surface area contributed by atoms with Gasteiger partial charge in [-0.15, -0.1) is 11.3 Å². The van der Waals surface area contributed by atoms with Crippen LogP contribution in [0.25, 0.3) is 0 Å². The number of halogens is 1. The maximum Gasteiger partial charge on any atom is 0.410 e. The molecule has 9 heteroatoms. The number of thiophene rings is 1. The fraction of sp³-hybridized carbons (Fsp3) is 0.423. The lowest BCUT2D eigenvalue weighted by atomic mass is 10.1. The summed E-state index contributed by atoms with van der Waals surface area (Å²) in [6.07, 6.45) is 2.58. The molecule has 35 heavy (non-hydrogen) atoms. The smallest absolute Gasteiger partial charge is 0.410 e. The van der Waals surface area contributed by atoms with E-state index in [1.807, 2.05) is 45.0 Å². The lowest BCUT2D eigenvalue weighted by Gasteiger charge is -2.27. The van der Waals surface area contributed by atoms with Crippen LogP contribution in [-0.4, -0.2) is 45.9 Å². The number of hydrogen-bond acceptors (Lipinski definition) is 6. The van der Waals surface area contributed by atoms with Gasteiger partial charge < -0.3 is 9.47 Å². The Kier molecular flexibility index (Phi) is 7.52. The van der Waals surface area contributed by atoms with Gasteiger partial charge in [0, 0.05) is 17.1 Å². The van der Waals surface area contributed by atoms with E-state index in [9.17, 15) is 9.59 Å². The van der Waals surface area contributed by atoms with Gasteiger partial charge in [0.1, 0.15) is 11.4 Å². The van der Waals surface area contributed by atoms with Gasteiger partial charge in [-0.25, -0.2) is 9.48 Å². The molecular formula is C26H30ClN3O4S. The van der Waals surface area contributed by atoms with Gasteiger partial charge in [-0.2, -0.15) is 5.10 Å². The van der Waals surface area contributed by atoms with Gasteiger partial charge in [-0.1, -0.05) is 23.7 Å². The molecule has 1 atom stereocenters. The van der Waals surface area contributed by atoms with E-state index in [4.69, 9.17) is 26.2 Å². The molecule has 0 radical (unpaired) electrons. The molecule has 186 valence electrons. The van der Waals surface area contributed by atoms with Crippen molar-refractivity contribution in [3.63, 3.8) is 0 Å². The first kappa shape index (κ1) is 25.3. The molecule has 0 spiro atoms. The number of para-hydroxylation sites is 1. The fourth-order valence-electron chi connectivity index (χ4n) is 4.24. The molecule has 1 unspecified atom stereocenters. The molecule has 3 aromatic rings. The van der Waals surface area contributed by atoms with Crippen molar-refractivity contribution in [2.45, 2.75) is 58.1 Å². The molecule has 7 nitrogen and oxygen atoms in total. The third-order valence-corrected chi connectivity index (χ3v) is 7.10. The zero-order valence-corrected chi connectivity index (χ0v) is 22.0. The van der Waals surface area contributed by atoms with Gasteiger partial charge >= 0.3 is 6.09 Å². The second-order valence-corrected chi connectivity index (χ2v) is 11.3. The zero-order valence-electron chi connectivity index (χ0n) is 20.4. The van der Waals surface area contributed by atoms with Crippen molar-refractivity contribution in [1.82, 2.24) is 14.7 Å². The van der Waals surface area contributed by atoms with Gasteiger partial charge in [0.25, 0.3) is 5.91 Å². The van der Waals surface area contributed by atoms with E-state index in [2.05, 4.69) is 0 Å². The van der Waals surface area contributed by atoms with Crippen LogP contribution < -0.4 is 4.74 Å². The van der Waals surface area contributed by atoms with Crippen molar-refractivity contribution < 1.29 is 19.1 Å². The number of likely N-dealkylation sites (tertiary alicyclic amines) is 1. The molecule has 1 fully saturated rings. The lowest BCUT2D eigenvalue weighted by molar-refractivity contribution is 0.0221. The molecule has 3 heterocycles. The van der Waals surface area contributed by atoms with E-state index in [1.165, 1.54) is 16.0 Å². The van der Waals surface area contributed by atoms with Gasteiger partial charge in [-0.3, -0.25) is 9.69 Å². The van der Waals surface area contributed by atoms with E-state index in [0.29, 0.717) is 30.0 Å². The number of benzene rings is 1. The fourth-order valence-corrected chi connectivity index (χ4v) is 5.33. The summed E-state index contributed by atoms with van der Waals surface area (Å²) >= 11 is 7.63. The number of hydrogen-bond donors (Lipinski definition) is 0. The first-order valence-corrected chi connectivity index (χ1v) is 12.9. The molecule has 0 saturated carbocycles. The van der Waals surface area contributed by atoms with E-state index in [-0.39, 0.29) is 18.0 Å². The number of aryl methyl sites for hydroxylation is 2. The number of carbonyl (C=O) groups is 2. The number of aromatic nitrogens is 2. The summed E-state index contributed by atoms with van der Waals surface area (Å²) in [6, 6.07) is 12.7. The van der Waals surface area contributed by atoms with E-state index < -0.39 is 5.60 Å². The number of ether oxygens (including phenoxy) is 2. The second-order valence-electron chi connectivity index (χ2n) is 9.52. The summed E-state index contributed by atoms with van der Waals surface area (Å²) < 4.78 is 13.2. The zero-order chi connectivity index (χ0) is 25.2. The predicted molar refractivity (Wildman–Crippen MR) is 137 cm³/mol. The number of rotatable bonds is 6. The quantitative estimate of drug-likeness (QED) is 0.393. The van der Waals surface area contributed by atoms with Gasteiger partial charge in [0.05, 0.1) is 28.7 Å². The van der Waals surface area contributed by atoms with E-state index in [1.54, 1.807) is 30.2 Å². The average molecular weight is 516 g/mol. The molecule has 1 saturated heterocycles. The molecule has 2 aromatic heterocycles. The predicted octanol–water partition coefficient (Wildman–Crippen LogP) is 6.15. The topological polar surface area (TPSA) is 73.7 Å². The Balaban J connectivity index is 1.67. The van der Waals surface area contributed by atoms with Crippen LogP contribution in [0.2, 0.25) is 4.34 Å². The minimum Gasteiger partial charge on any atom is -0.496 e. The minimum absolute atomic E-state index is 0.244. The van der Waals surface area contributed by atoms with Crippen molar-refractivity contribution in [2.24, 2.45) is 0 Å². The van der Waals surface area contributed by atoms with E-state index in [0.717, 1.165) is 34.2 Å². The summed E-state index contributed by atoms with van der Waals surface area (Å²) in [4.78, 5) is 29.3. The van der Waals surface area contributed by atoms with Crippen LogP contribution >= 0.6 is 22.9 Å². The first-order valence-electron chi connectivity index (χ1n) is 11.7. The Morgan fingerprint density at radius 3 is 2.63 bits per heavy atom. The monoisotopic (exact) mass is 515 g/mol. The van der Waals surface area contributed by atoms with Crippen molar-refractivity contribution in [1.29, 1.82) is 0 Å². The van der Waals surface area contributed by atoms with E-state index >= 15 is 0 Å². The Morgan fingerprint density at radius 2 is 1.94 bits per heavy atom. The molecule has 0 N–H and O–H groups in total. The lowest BCUT2D eigenvalue weighted by Crippen LogP contribution is -2.36. The summed E-state index contributed by atoms with van der Waals surface area (Å²) in [5.74, 6) is 0.219. The van der Waals surface area contributed by atoms with Crippen LogP contribution in [0.3, 0.4) is 0 Å². The highest BCUT2D eigenvalue weighted by molar-refractivity contribution is 7.16. The molecule has 4 rings (SSSR count). The normalized spacial score (nSPS) is 15.9. The molecule has 1 aliphatic rings. The van der Waals surface area contributed by atoms with Crippen LogP contribution in [0.1, 0.15) is 66.3 Å².